The van der Waals surface area contributed by atoms with Crippen molar-refractivity contribution in [1.82, 2.24) is 20.3 Å². The van der Waals surface area contributed by atoms with Gasteiger partial charge in [0.05, 0.1) is 0 Å². The van der Waals surface area contributed by atoms with Crippen LogP contribution in [-0.4, -0.2) is 47.0 Å². The summed E-state index contributed by atoms with van der Waals surface area (Å²) in [6.45, 7) is 8.78. The number of halogens is 1. The molecule has 0 bridgehead atoms. The van der Waals surface area contributed by atoms with Crippen LogP contribution in [0, 0.1) is 0 Å². The summed E-state index contributed by atoms with van der Waals surface area (Å²) in [6.07, 6.45) is 1.29. The van der Waals surface area contributed by atoms with Gasteiger partial charge in [-0.3, -0.25) is 4.79 Å². The standard InChI is InChI=1S/C13H23ClN6O/c1-4-8-15-10(21)7-9-16-12-17-11(14)18-13(19-12)20(5-2)6-3/h4-9H2,1-3H3,(H,15,21)(H,16,17,18,19). The van der Waals surface area contributed by atoms with Crippen LogP contribution < -0.4 is 15.5 Å². The Morgan fingerprint density at radius 1 is 1.14 bits per heavy atom. The number of rotatable bonds is 9. The van der Waals surface area contributed by atoms with Gasteiger partial charge in [-0.25, -0.2) is 0 Å². The van der Waals surface area contributed by atoms with Crippen molar-refractivity contribution >= 4 is 29.4 Å². The largest absolute Gasteiger partial charge is 0.356 e. The van der Waals surface area contributed by atoms with Crippen LogP contribution >= 0.6 is 11.6 Å². The van der Waals surface area contributed by atoms with Gasteiger partial charge in [-0.15, -0.1) is 0 Å². The quantitative estimate of drug-likeness (QED) is 0.722. The topological polar surface area (TPSA) is 83.0 Å². The van der Waals surface area contributed by atoms with Crippen LogP contribution in [0.1, 0.15) is 33.6 Å². The molecule has 0 aliphatic rings. The van der Waals surface area contributed by atoms with Gasteiger partial charge in [-0.1, -0.05) is 6.92 Å². The van der Waals surface area contributed by atoms with E-state index in [0.717, 1.165) is 19.5 Å². The van der Waals surface area contributed by atoms with Gasteiger partial charge in [0.25, 0.3) is 0 Å². The van der Waals surface area contributed by atoms with E-state index in [4.69, 9.17) is 11.6 Å². The van der Waals surface area contributed by atoms with E-state index in [0.29, 0.717) is 31.4 Å². The molecule has 8 heteroatoms. The van der Waals surface area contributed by atoms with Crippen molar-refractivity contribution in [3.05, 3.63) is 5.28 Å². The van der Waals surface area contributed by atoms with Crippen molar-refractivity contribution in [3.63, 3.8) is 0 Å². The van der Waals surface area contributed by atoms with Gasteiger partial charge >= 0.3 is 0 Å². The summed E-state index contributed by atoms with van der Waals surface area (Å²) in [5, 5.41) is 5.96. The number of anilines is 2. The van der Waals surface area contributed by atoms with Gasteiger partial charge in [0, 0.05) is 32.6 Å². The molecule has 0 fully saturated rings. The number of hydrogen-bond acceptors (Lipinski definition) is 6. The Hall–Kier alpha value is -1.63. The third kappa shape index (κ3) is 6.12. The first kappa shape index (κ1) is 17.4. The van der Waals surface area contributed by atoms with Crippen LogP contribution in [0.4, 0.5) is 11.9 Å². The molecule has 0 aliphatic carbocycles. The monoisotopic (exact) mass is 314 g/mol. The Bertz CT molecular complexity index is 452. The molecule has 21 heavy (non-hydrogen) atoms. The molecular formula is C13H23ClN6O. The Morgan fingerprint density at radius 2 is 1.86 bits per heavy atom. The Morgan fingerprint density at radius 3 is 2.48 bits per heavy atom. The van der Waals surface area contributed by atoms with E-state index in [9.17, 15) is 4.79 Å². The minimum absolute atomic E-state index is 0.00784. The number of hydrogen-bond donors (Lipinski definition) is 2. The zero-order valence-electron chi connectivity index (χ0n) is 12.8. The van der Waals surface area contributed by atoms with Gasteiger partial charge in [-0.2, -0.15) is 15.0 Å². The first-order valence-corrected chi connectivity index (χ1v) is 7.65. The van der Waals surface area contributed by atoms with Gasteiger partial charge in [-0.05, 0) is 31.9 Å². The summed E-state index contributed by atoms with van der Waals surface area (Å²) < 4.78 is 0. The van der Waals surface area contributed by atoms with E-state index < -0.39 is 0 Å². The Labute approximate surface area is 130 Å². The molecule has 7 nitrogen and oxygen atoms in total. The molecule has 0 saturated carbocycles. The zero-order valence-corrected chi connectivity index (χ0v) is 13.6. The average molecular weight is 315 g/mol. The van der Waals surface area contributed by atoms with E-state index in [1.54, 1.807) is 0 Å². The van der Waals surface area contributed by atoms with Crippen LogP contribution in [0.15, 0.2) is 0 Å². The fraction of sp³-hybridized carbons (Fsp3) is 0.692. The van der Waals surface area contributed by atoms with E-state index >= 15 is 0 Å². The third-order valence-corrected chi connectivity index (χ3v) is 3.02. The second-order valence-corrected chi connectivity index (χ2v) is 4.77. The number of nitrogens with zero attached hydrogens (tertiary/aromatic N) is 4. The molecule has 1 aromatic rings. The maximum Gasteiger partial charge on any atom is 0.231 e. The molecule has 0 unspecified atom stereocenters. The summed E-state index contributed by atoms with van der Waals surface area (Å²) in [7, 11) is 0. The number of aromatic nitrogens is 3. The summed E-state index contributed by atoms with van der Waals surface area (Å²) in [5.41, 5.74) is 0. The van der Waals surface area contributed by atoms with E-state index in [1.807, 2.05) is 25.7 Å². The summed E-state index contributed by atoms with van der Waals surface area (Å²) >= 11 is 5.91. The molecular weight excluding hydrogens is 292 g/mol. The maximum absolute atomic E-state index is 11.5. The van der Waals surface area contributed by atoms with Crippen molar-refractivity contribution in [1.29, 1.82) is 0 Å². The van der Waals surface area contributed by atoms with Crippen LogP contribution in [0.5, 0.6) is 0 Å². The summed E-state index contributed by atoms with van der Waals surface area (Å²) in [5.74, 6) is 0.937. The van der Waals surface area contributed by atoms with Crippen LogP contribution in [-0.2, 0) is 4.79 Å². The molecule has 0 spiro atoms. The average Bonchev–Trinajstić information content (AvgIpc) is 2.46. The van der Waals surface area contributed by atoms with Crippen molar-refractivity contribution in [2.75, 3.05) is 36.4 Å². The lowest BCUT2D eigenvalue weighted by atomic mass is 10.4. The normalized spacial score (nSPS) is 10.3. The van der Waals surface area contributed by atoms with Gasteiger partial charge in [0.1, 0.15) is 0 Å². The second kappa shape index (κ2) is 9.33. The van der Waals surface area contributed by atoms with Gasteiger partial charge in [0.15, 0.2) is 0 Å². The van der Waals surface area contributed by atoms with Crippen LogP contribution in [0.3, 0.4) is 0 Å². The molecule has 0 aliphatic heterocycles. The fourth-order valence-corrected chi connectivity index (χ4v) is 1.86. The molecule has 0 radical (unpaired) electrons. The molecule has 1 heterocycles. The molecule has 1 rings (SSSR count). The molecule has 118 valence electrons. The number of carbonyl (C=O) groups is 1. The van der Waals surface area contributed by atoms with Crippen LogP contribution in [0.25, 0.3) is 0 Å². The lowest BCUT2D eigenvalue weighted by Gasteiger charge is -2.18. The number of carbonyl (C=O) groups excluding carboxylic acids is 1. The van der Waals surface area contributed by atoms with E-state index in [2.05, 4.69) is 25.6 Å². The summed E-state index contributed by atoms with van der Waals surface area (Å²) in [4.78, 5) is 25.9. The lowest BCUT2D eigenvalue weighted by Crippen LogP contribution is -2.27. The van der Waals surface area contributed by atoms with E-state index in [-0.39, 0.29) is 11.2 Å². The first-order valence-electron chi connectivity index (χ1n) is 7.27. The van der Waals surface area contributed by atoms with E-state index in [1.165, 1.54) is 0 Å². The Balaban J connectivity index is 2.57. The minimum atomic E-state index is 0.00784. The molecule has 1 amide bonds. The molecule has 0 saturated heterocycles. The van der Waals surface area contributed by atoms with Crippen molar-refractivity contribution in [2.24, 2.45) is 0 Å². The Kier molecular flexibility index (Phi) is 7.74. The highest BCUT2D eigenvalue weighted by molar-refractivity contribution is 6.28. The smallest absolute Gasteiger partial charge is 0.231 e. The molecule has 1 aromatic heterocycles. The lowest BCUT2D eigenvalue weighted by molar-refractivity contribution is -0.120. The molecule has 0 aromatic carbocycles. The maximum atomic E-state index is 11.5. The van der Waals surface area contributed by atoms with Crippen molar-refractivity contribution in [3.8, 4) is 0 Å². The summed E-state index contributed by atoms with van der Waals surface area (Å²) in [6, 6.07) is 0. The fourth-order valence-electron chi connectivity index (χ4n) is 1.71. The highest BCUT2D eigenvalue weighted by Crippen LogP contribution is 2.13. The number of amides is 1. The van der Waals surface area contributed by atoms with Crippen molar-refractivity contribution in [2.45, 2.75) is 33.6 Å². The van der Waals surface area contributed by atoms with Crippen molar-refractivity contribution < 1.29 is 4.79 Å². The second-order valence-electron chi connectivity index (χ2n) is 4.43. The first-order chi connectivity index (χ1) is 10.1. The van der Waals surface area contributed by atoms with Gasteiger partial charge in [0.2, 0.25) is 23.1 Å². The SMILES string of the molecule is CCCNC(=O)CCNc1nc(Cl)nc(N(CC)CC)n1. The highest BCUT2D eigenvalue weighted by Gasteiger charge is 2.10. The predicted molar refractivity (Wildman–Crippen MR) is 84.8 cm³/mol. The predicted octanol–water partition coefficient (Wildman–Crippen LogP) is 1.70. The molecule has 2 N–H and O–H groups in total. The molecule has 0 atom stereocenters. The number of nitrogens with one attached hydrogen (secondary N) is 2. The highest BCUT2D eigenvalue weighted by atomic mass is 35.5. The minimum Gasteiger partial charge on any atom is -0.356 e. The van der Waals surface area contributed by atoms with Crippen LogP contribution in [0.2, 0.25) is 5.28 Å². The zero-order chi connectivity index (χ0) is 15.7. The van der Waals surface area contributed by atoms with Gasteiger partial charge < -0.3 is 15.5 Å². The third-order valence-electron chi connectivity index (χ3n) is 2.85.